The quantitative estimate of drug-likeness (QED) is 0.707. The maximum atomic E-state index is 11.9. The van der Waals surface area contributed by atoms with Gasteiger partial charge >= 0.3 is 5.97 Å². The van der Waals surface area contributed by atoms with Gasteiger partial charge in [-0.1, -0.05) is 24.6 Å². The summed E-state index contributed by atoms with van der Waals surface area (Å²) in [5.41, 5.74) is 0.912. The van der Waals surface area contributed by atoms with Crippen LogP contribution in [0, 0.1) is 0 Å². The minimum Gasteiger partial charge on any atom is -0.478 e. The van der Waals surface area contributed by atoms with Gasteiger partial charge in [-0.15, -0.1) is 0 Å². The first-order valence-electron chi connectivity index (χ1n) is 8.93. The summed E-state index contributed by atoms with van der Waals surface area (Å²) in [4.78, 5) is 36.8. The molecule has 25 heavy (non-hydrogen) atoms. The fraction of sp³-hybridized carbons (Fsp3) is 0.526. The summed E-state index contributed by atoms with van der Waals surface area (Å²) < 4.78 is 0. The second-order valence-electron chi connectivity index (χ2n) is 6.36. The summed E-state index contributed by atoms with van der Waals surface area (Å²) >= 11 is 0. The molecule has 1 fully saturated rings. The molecular formula is C19H26N2O4. The number of hydrogen-bond acceptors (Lipinski definition) is 3. The van der Waals surface area contributed by atoms with Crippen molar-refractivity contribution in [3.8, 4) is 0 Å². The zero-order valence-electron chi connectivity index (χ0n) is 14.5. The number of carboxylic acids is 1. The van der Waals surface area contributed by atoms with Crippen molar-refractivity contribution in [2.24, 2.45) is 0 Å². The van der Waals surface area contributed by atoms with Gasteiger partial charge in [-0.05, 0) is 37.3 Å². The molecule has 0 aromatic heterocycles. The van der Waals surface area contributed by atoms with Gasteiger partial charge < -0.3 is 15.3 Å². The standard InChI is InChI=1S/C19H26N2O4/c22-17(11-10-15-7-3-4-8-16(15)19(24)25)20-12-6-14-21-13-5-1-2-9-18(21)23/h3-4,7-8H,1-2,5-6,9-14H2,(H,20,22)(H,24,25). The fourth-order valence-corrected chi connectivity index (χ4v) is 3.06. The van der Waals surface area contributed by atoms with Crippen LogP contribution in [0.1, 0.15) is 54.4 Å². The lowest BCUT2D eigenvalue weighted by molar-refractivity contribution is -0.130. The van der Waals surface area contributed by atoms with Gasteiger partial charge in [0, 0.05) is 32.5 Å². The number of rotatable bonds is 8. The molecule has 1 heterocycles. The molecule has 0 radical (unpaired) electrons. The van der Waals surface area contributed by atoms with Crippen molar-refractivity contribution in [1.82, 2.24) is 10.2 Å². The summed E-state index contributed by atoms with van der Waals surface area (Å²) in [7, 11) is 0. The topological polar surface area (TPSA) is 86.7 Å². The number of amides is 2. The fourth-order valence-electron chi connectivity index (χ4n) is 3.06. The Labute approximate surface area is 148 Å². The van der Waals surface area contributed by atoms with Crippen LogP contribution in [0.4, 0.5) is 0 Å². The van der Waals surface area contributed by atoms with Crippen LogP contribution >= 0.6 is 0 Å². The van der Waals surface area contributed by atoms with Gasteiger partial charge in [0.05, 0.1) is 5.56 Å². The number of hydrogen-bond donors (Lipinski definition) is 2. The van der Waals surface area contributed by atoms with E-state index in [9.17, 15) is 14.4 Å². The number of aryl methyl sites for hydroxylation is 1. The zero-order valence-corrected chi connectivity index (χ0v) is 14.5. The molecule has 0 unspecified atom stereocenters. The molecule has 6 heteroatoms. The first-order chi connectivity index (χ1) is 12.1. The molecule has 0 saturated carbocycles. The zero-order chi connectivity index (χ0) is 18.1. The van der Waals surface area contributed by atoms with Crippen molar-refractivity contribution in [3.05, 3.63) is 35.4 Å². The normalized spacial score (nSPS) is 14.9. The van der Waals surface area contributed by atoms with Gasteiger partial charge in [-0.3, -0.25) is 9.59 Å². The van der Waals surface area contributed by atoms with Crippen molar-refractivity contribution in [3.63, 3.8) is 0 Å². The summed E-state index contributed by atoms with van der Waals surface area (Å²) in [6.45, 7) is 2.03. The van der Waals surface area contributed by atoms with E-state index in [1.807, 2.05) is 4.90 Å². The van der Waals surface area contributed by atoms with E-state index in [2.05, 4.69) is 5.32 Å². The summed E-state index contributed by atoms with van der Waals surface area (Å²) in [6, 6.07) is 6.74. The number of nitrogens with zero attached hydrogens (tertiary/aromatic N) is 1. The van der Waals surface area contributed by atoms with E-state index in [4.69, 9.17) is 5.11 Å². The van der Waals surface area contributed by atoms with E-state index in [0.29, 0.717) is 31.5 Å². The predicted octanol–water partition coefficient (Wildman–Crippen LogP) is 2.23. The van der Waals surface area contributed by atoms with Crippen molar-refractivity contribution >= 4 is 17.8 Å². The number of aromatic carboxylic acids is 1. The van der Waals surface area contributed by atoms with Gasteiger partial charge in [0.25, 0.3) is 0 Å². The third-order valence-electron chi connectivity index (χ3n) is 4.47. The highest BCUT2D eigenvalue weighted by Gasteiger charge is 2.16. The molecule has 0 spiro atoms. The smallest absolute Gasteiger partial charge is 0.335 e. The Morgan fingerprint density at radius 3 is 2.76 bits per heavy atom. The van der Waals surface area contributed by atoms with Crippen LogP contribution in [-0.2, 0) is 16.0 Å². The molecule has 1 aromatic rings. The average Bonchev–Trinajstić information content (AvgIpc) is 2.81. The molecule has 2 amide bonds. The van der Waals surface area contributed by atoms with Gasteiger partial charge in [-0.25, -0.2) is 4.79 Å². The minimum atomic E-state index is -0.974. The number of benzene rings is 1. The van der Waals surface area contributed by atoms with E-state index in [1.54, 1.807) is 24.3 Å². The van der Waals surface area contributed by atoms with E-state index >= 15 is 0 Å². The molecule has 0 atom stereocenters. The predicted molar refractivity (Wildman–Crippen MR) is 94.4 cm³/mol. The summed E-state index contributed by atoms with van der Waals surface area (Å²) in [5, 5.41) is 12.0. The van der Waals surface area contributed by atoms with E-state index in [1.165, 1.54) is 0 Å². The maximum Gasteiger partial charge on any atom is 0.335 e. The lowest BCUT2D eigenvalue weighted by Crippen LogP contribution is -2.34. The molecule has 0 aliphatic carbocycles. The van der Waals surface area contributed by atoms with Crippen LogP contribution in [0.15, 0.2) is 24.3 Å². The van der Waals surface area contributed by atoms with Crippen molar-refractivity contribution < 1.29 is 19.5 Å². The minimum absolute atomic E-state index is 0.0950. The molecule has 2 rings (SSSR count). The van der Waals surface area contributed by atoms with Gasteiger partial charge in [0.2, 0.25) is 11.8 Å². The summed E-state index contributed by atoms with van der Waals surface area (Å²) in [5.74, 6) is -0.852. The van der Waals surface area contributed by atoms with Crippen LogP contribution in [0.2, 0.25) is 0 Å². The highest BCUT2D eigenvalue weighted by molar-refractivity contribution is 5.89. The van der Waals surface area contributed by atoms with Gasteiger partial charge in [-0.2, -0.15) is 0 Å². The van der Waals surface area contributed by atoms with E-state index in [0.717, 1.165) is 32.2 Å². The molecule has 1 saturated heterocycles. The SMILES string of the molecule is O=C(CCc1ccccc1C(=O)O)NCCCN1CCCCCC1=O. The third-order valence-corrected chi connectivity index (χ3v) is 4.47. The molecule has 1 aliphatic heterocycles. The first kappa shape index (κ1) is 19.0. The molecule has 2 N–H and O–H groups in total. The van der Waals surface area contributed by atoms with Gasteiger partial charge in [0.15, 0.2) is 0 Å². The summed E-state index contributed by atoms with van der Waals surface area (Å²) in [6.07, 6.45) is 5.17. The Bertz CT molecular complexity index is 615. The Morgan fingerprint density at radius 2 is 1.96 bits per heavy atom. The highest BCUT2D eigenvalue weighted by atomic mass is 16.4. The maximum absolute atomic E-state index is 11.9. The molecule has 1 aromatic carbocycles. The van der Waals surface area contributed by atoms with Crippen LogP contribution in [0.3, 0.4) is 0 Å². The Balaban J connectivity index is 1.67. The van der Waals surface area contributed by atoms with E-state index in [-0.39, 0.29) is 23.8 Å². The van der Waals surface area contributed by atoms with Crippen LogP contribution in [-0.4, -0.2) is 47.4 Å². The molecule has 6 nitrogen and oxygen atoms in total. The Kier molecular flexibility index (Phi) is 7.44. The lowest BCUT2D eigenvalue weighted by atomic mass is 10.0. The van der Waals surface area contributed by atoms with Crippen molar-refractivity contribution in [2.75, 3.05) is 19.6 Å². The Hall–Kier alpha value is -2.37. The first-order valence-corrected chi connectivity index (χ1v) is 8.93. The van der Waals surface area contributed by atoms with Crippen molar-refractivity contribution in [2.45, 2.75) is 44.9 Å². The van der Waals surface area contributed by atoms with E-state index < -0.39 is 5.97 Å². The second kappa shape index (κ2) is 9.81. The number of nitrogens with one attached hydrogen (secondary N) is 1. The van der Waals surface area contributed by atoms with Crippen molar-refractivity contribution in [1.29, 1.82) is 0 Å². The molecular weight excluding hydrogens is 320 g/mol. The average molecular weight is 346 g/mol. The third kappa shape index (κ3) is 6.21. The second-order valence-corrected chi connectivity index (χ2v) is 6.36. The molecule has 136 valence electrons. The monoisotopic (exact) mass is 346 g/mol. The van der Waals surface area contributed by atoms with Crippen LogP contribution in [0.25, 0.3) is 0 Å². The van der Waals surface area contributed by atoms with Crippen LogP contribution < -0.4 is 5.32 Å². The number of carbonyl (C=O) groups is 3. The number of likely N-dealkylation sites (tertiary alicyclic amines) is 1. The largest absolute Gasteiger partial charge is 0.478 e. The van der Waals surface area contributed by atoms with Gasteiger partial charge in [0.1, 0.15) is 0 Å². The van der Waals surface area contributed by atoms with Crippen LogP contribution in [0.5, 0.6) is 0 Å². The molecule has 1 aliphatic rings. The Morgan fingerprint density at radius 1 is 1.16 bits per heavy atom. The number of carbonyl (C=O) groups excluding carboxylic acids is 2. The highest BCUT2D eigenvalue weighted by Crippen LogP contribution is 2.12. The molecule has 0 bridgehead atoms. The lowest BCUT2D eigenvalue weighted by Gasteiger charge is -2.20. The number of carboxylic acid groups (broad SMARTS) is 1.